The number of thioether (sulfide) groups is 1. The zero-order valence-corrected chi connectivity index (χ0v) is 14.3. The third-order valence-electron chi connectivity index (χ3n) is 3.52. The van der Waals surface area contributed by atoms with Gasteiger partial charge in [-0.25, -0.2) is 13.8 Å². The molecule has 3 rings (SSSR count). The van der Waals surface area contributed by atoms with Crippen molar-refractivity contribution >= 4 is 34.6 Å². The van der Waals surface area contributed by atoms with Gasteiger partial charge >= 0.3 is 0 Å². The fraction of sp³-hybridized carbons (Fsp3) is 0.111. The summed E-state index contributed by atoms with van der Waals surface area (Å²) in [5, 5.41) is 0.324. The molecule has 7 heteroatoms. The first kappa shape index (κ1) is 17.2. The highest BCUT2D eigenvalue weighted by atomic mass is 32.2. The van der Waals surface area contributed by atoms with Crippen molar-refractivity contribution in [2.45, 2.75) is 0 Å². The van der Waals surface area contributed by atoms with Crippen molar-refractivity contribution in [2.75, 3.05) is 14.2 Å². The maximum absolute atomic E-state index is 13.8. The van der Waals surface area contributed by atoms with Crippen LogP contribution in [0.1, 0.15) is 5.56 Å². The Kier molecular flexibility index (Phi) is 4.85. The van der Waals surface area contributed by atoms with E-state index < -0.39 is 11.6 Å². The van der Waals surface area contributed by atoms with E-state index in [0.717, 1.165) is 29.5 Å². The Morgan fingerprint density at radius 3 is 2.72 bits per heavy atom. The van der Waals surface area contributed by atoms with Crippen molar-refractivity contribution in [3.8, 4) is 5.75 Å². The summed E-state index contributed by atoms with van der Waals surface area (Å²) in [6.07, 6.45) is 1.72. The molecule has 0 spiro atoms. The largest absolute Gasteiger partial charge is 0.497 e. The lowest BCUT2D eigenvalue weighted by Crippen LogP contribution is -2.23. The minimum atomic E-state index is -0.779. The number of halogens is 2. The van der Waals surface area contributed by atoms with Crippen LogP contribution in [0.4, 0.5) is 14.5 Å². The molecule has 2 aromatic rings. The van der Waals surface area contributed by atoms with Crippen molar-refractivity contribution in [3.63, 3.8) is 0 Å². The van der Waals surface area contributed by atoms with Crippen LogP contribution in [0.25, 0.3) is 6.08 Å². The van der Waals surface area contributed by atoms with Crippen LogP contribution >= 0.6 is 11.8 Å². The molecule has 0 bridgehead atoms. The van der Waals surface area contributed by atoms with Gasteiger partial charge in [0.05, 0.1) is 12.0 Å². The predicted octanol–water partition coefficient (Wildman–Crippen LogP) is 4.21. The monoisotopic (exact) mass is 360 g/mol. The van der Waals surface area contributed by atoms with Gasteiger partial charge < -0.3 is 4.74 Å². The summed E-state index contributed by atoms with van der Waals surface area (Å²) in [5.41, 5.74) is 0.781. The molecule has 1 aliphatic rings. The van der Waals surface area contributed by atoms with E-state index in [1.54, 1.807) is 26.3 Å². The smallest absolute Gasteiger partial charge is 0.266 e. The number of aliphatic imine (C=N–C) groups is 1. The highest BCUT2D eigenvalue weighted by Crippen LogP contribution is 2.34. The Labute approximate surface area is 147 Å². The maximum atomic E-state index is 13.8. The van der Waals surface area contributed by atoms with Crippen LogP contribution in [-0.2, 0) is 4.79 Å². The molecule has 0 atom stereocenters. The van der Waals surface area contributed by atoms with E-state index in [-0.39, 0.29) is 11.6 Å². The van der Waals surface area contributed by atoms with E-state index in [2.05, 4.69) is 4.99 Å². The van der Waals surface area contributed by atoms with E-state index in [4.69, 9.17) is 4.74 Å². The van der Waals surface area contributed by atoms with Gasteiger partial charge in [-0.15, -0.1) is 0 Å². The van der Waals surface area contributed by atoms with Gasteiger partial charge in [0.15, 0.2) is 11.0 Å². The minimum Gasteiger partial charge on any atom is -0.497 e. The highest BCUT2D eigenvalue weighted by molar-refractivity contribution is 8.18. The number of amides is 1. The molecule has 0 N–H and O–H groups in total. The van der Waals surface area contributed by atoms with Gasteiger partial charge in [-0.2, -0.15) is 0 Å². The summed E-state index contributed by atoms with van der Waals surface area (Å²) in [6.45, 7) is 0. The molecular weight excluding hydrogens is 346 g/mol. The summed E-state index contributed by atoms with van der Waals surface area (Å²) in [5.74, 6) is -1.02. The van der Waals surface area contributed by atoms with E-state index in [0.29, 0.717) is 15.8 Å². The molecule has 0 aliphatic carbocycles. The molecule has 128 valence electrons. The Bertz CT molecular complexity index is 896. The molecule has 0 saturated carbocycles. The van der Waals surface area contributed by atoms with Crippen molar-refractivity contribution in [1.82, 2.24) is 4.90 Å². The molecule has 0 aromatic heterocycles. The number of carbonyl (C=O) groups excluding carboxylic acids is 1. The Morgan fingerprint density at radius 2 is 2.00 bits per heavy atom. The number of likely N-dealkylation sites (N-methyl/N-ethyl adjacent to an activating group) is 1. The Morgan fingerprint density at radius 1 is 1.20 bits per heavy atom. The minimum absolute atomic E-state index is 0.0221. The number of rotatable bonds is 3. The number of hydrogen-bond donors (Lipinski definition) is 0. The summed E-state index contributed by atoms with van der Waals surface area (Å²) < 4.78 is 31.9. The molecule has 1 heterocycles. The first-order valence-corrected chi connectivity index (χ1v) is 8.15. The van der Waals surface area contributed by atoms with Gasteiger partial charge in [-0.05, 0) is 47.7 Å². The lowest BCUT2D eigenvalue weighted by Gasteiger charge is -2.07. The highest BCUT2D eigenvalue weighted by Gasteiger charge is 2.30. The second kappa shape index (κ2) is 7.06. The molecular formula is C18H14F2N2O2S. The molecule has 25 heavy (non-hydrogen) atoms. The van der Waals surface area contributed by atoms with Crippen molar-refractivity contribution in [3.05, 3.63) is 64.6 Å². The fourth-order valence-electron chi connectivity index (χ4n) is 2.21. The fourth-order valence-corrected chi connectivity index (χ4v) is 3.19. The van der Waals surface area contributed by atoms with E-state index in [9.17, 15) is 13.6 Å². The van der Waals surface area contributed by atoms with Crippen LogP contribution in [0.15, 0.2) is 52.4 Å². The van der Waals surface area contributed by atoms with E-state index >= 15 is 0 Å². The van der Waals surface area contributed by atoms with Crippen LogP contribution in [-0.4, -0.2) is 30.1 Å². The third-order valence-corrected chi connectivity index (χ3v) is 4.58. The second-order valence-corrected chi connectivity index (χ2v) is 6.25. The Hall–Kier alpha value is -2.67. The van der Waals surface area contributed by atoms with Gasteiger partial charge in [0, 0.05) is 13.1 Å². The lowest BCUT2D eigenvalue weighted by molar-refractivity contribution is -0.121. The van der Waals surface area contributed by atoms with Crippen LogP contribution in [0, 0.1) is 11.6 Å². The van der Waals surface area contributed by atoms with Gasteiger partial charge in [-0.3, -0.25) is 9.69 Å². The Balaban J connectivity index is 1.91. The zero-order chi connectivity index (χ0) is 18.0. The van der Waals surface area contributed by atoms with Gasteiger partial charge in [0.25, 0.3) is 5.91 Å². The number of hydrogen-bond acceptors (Lipinski definition) is 4. The van der Waals surface area contributed by atoms with E-state index in [1.165, 1.54) is 11.0 Å². The van der Waals surface area contributed by atoms with Gasteiger partial charge in [0.2, 0.25) is 0 Å². The molecule has 1 aliphatic heterocycles. The number of carbonyl (C=O) groups is 1. The van der Waals surface area contributed by atoms with Crippen molar-refractivity contribution < 1.29 is 18.3 Å². The number of methoxy groups -OCH3 is 1. The molecule has 0 unspecified atom stereocenters. The number of amidine groups is 1. The molecule has 0 radical (unpaired) electrons. The van der Waals surface area contributed by atoms with Gasteiger partial charge in [-0.1, -0.05) is 12.1 Å². The first-order valence-electron chi connectivity index (χ1n) is 7.33. The lowest BCUT2D eigenvalue weighted by atomic mass is 10.2. The molecule has 1 fully saturated rings. The quantitative estimate of drug-likeness (QED) is 0.770. The average Bonchev–Trinajstić information content (AvgIpc) is 2.85. The van der Waals surface area contributed by atoms with E-state index in [1.807, 2.05) is 18.2 Å². The summed E-state index contributed by atoms with van der Waals surface area (Å²) in [4.78, 5) is 18.3. The third kappa shape index (κ3) is 3.71. The normalized spacial score (nSPS) is 17.6. The molecule has 2 aromatic carbocycles. The number of nitrogens with zero attached hydrogens (tertiary/aromatic N) is 2. The summed E-state index contributed by atoms with van der Waals surface area (Å²) >= 11 is 1.13. The molecule has 4 nitrogen and oxygen atoms in total. The number of ether oxygens (including phenoxy) is 1. The zero-order valence-electron chi connectivity index (χ0n) is 13.5. The molecule has 1 saturated heterocycles. The first-order chi connectivity index (χ1) is 12.0. The molecule has 1 amide bonds. The summed E-state index contributed by atoms with van der Waals surface area (Å²) in [7, 11) is 3.12. The summed E-state index contributed by atoms with van der Waals surface area (Å²) in [6, 6.07) is 10.4. The standard InChI is InChI=1S/C18H14F2N2O2S/c1-22-17(23)16(9-11-4-3-5-13(8-11)24-2)25-18(22)21-15-7-6-12(19)10-14(15)20/h3-10H,1-2H3/b16-9-,21-18?. The van der Waals surface area contributed by atoms with Crippen LogP contribution < -0.4 is 4.74 Å². The predicted molar refractivity (Wildman–Crippen MR) is 94.8 cm³/mol. The number of benzene rings is 2. The van der Waals surface area contributed by atoms with Crippen molar-refractivity contribution in [1.29, 1.82) is 0 Å². The van der Waals surface area contributed by atoms with Crippen LogP contribution in [0.5, 0.6) is 5.75 Å². The van der Waals surface area contributed by atoms with Crippen LogP contribution in [0.2, 0.25) is 0 Å². The average molecular weight is 360 g/mol. The maximum Gasteiger partial charge on any atom is 0.266 e. The SMILES string of the molecule is COc1cccc(/C=C2\SC(=Nc3ccc(F)cc3F)N(C)C2=O)c1. The van der Waals surface area contributed by atoms with Crippen LogP contribution in [0.3, 0.4) is 0 Å². The van der Waals surface area contributed by atoms with Crippen molar-refractivity contribution in [2.24, 2.45) is 4.99 Å². The topological polar surface area (TPSA) is 41.9 Å². The second-order valence-electron chi connectivity index (χ2n) is 5.24. The van der Waals surface area contributed by atoms with Gasteiger partial charge in [0.1, 0.15) is 17.3 Å².